The van der Waals surface area contributed by atoms with Gasteiger partial charge in [-0.05, 0) is 18.8 Å². The number of hydrogen-bond donors (Lipinski definition) is 0. The van der Waals surface area contributed by atoms with Crippen LogP contribution in [0.25, 0.3) is 0 Å². The van der Waals surface area contributed by atoms with Gasteiger partial charge in [-0.25, -0.2) is 0 Å². The lowest BCUT2D eigenvalue weighted by atomic mass is 9.62. The molecule has 0 radical (unpaired) electrons. The van der Waals surface area contributed by atoms with E-state index in [1.807, 2.05) is 0 Å². The molecule has 1 nitrogen and oxygen atoms in total. The summed E-state index contributed by atoms with van der Waals surface area (Å²) in [5, 5.41) is 0. The molecule has 2 saturated carbocycles. The van der Waals surface area contributed by atoms with Crippen LogP contribution in [0.1, 0.15) is 32.6 Å². The van der Waals surface area contributed by atoms with Crippen LogP contribution in [0.15, 0.2) is 0 Å². The molecular weight excluding hydrogens is 112 g/mol. The lowest BCUT2D eigenvalue weighted by molar-refractivity contribution is -0.141. The lowest BCUT2D eigenvalue weighted by Crippen LogP contribution is -2.43. The van der Waals surface area contributed by atoms with Crippen molar-refractivity contribution in [3.63, 3.8) is 0 Å². The van der Waals surface area contributed by atoms with E-state index >= 15 is 0 Å². The van der Waals surface area contributed by atoms with Crippen molar-refractivity contribution in [2.75, 3.05) is 0 Å². The standard InChI is InChI=1S/C8H12O/c1-8-4-2-3-6(8)5-7(8)9/h6H,2-5H2,1H3. The molecule has 0 amide bonds. The monoisotopic (exact) mass is 124 g/mol. The minimum absolute atomic E-state index is 0.153. The molecular formula is C8H12O. The zero-order chi connectivity index (χ0) is 6.48. The second kappa shape index (κ2) is 1.39. The van der Waals surface area contributed by atoms with Gasteiger partial charge >= 0.3 is 0 Å². The van der Waals surface area contributed by atoms with Gasteiger partial charge in [-0.3, -0.25) is 4.79 Å². The van der Waals surface area contributed by atoms with Crippen molar-refractivity contribution < 1.29 is 4.79 Å². The molecule has 0 aromatic rings. The number of carbonyl (C=O) groups excluding carboxylic acids is 1. The number of ketones is 1. The highest BCUT2D eigenvalue weighted by molar-refractivity contribution is 5.91. The molecule has 2 aliphatic carbocycles. The van der Waals surface area contributed by atoms with Crippen molar-refractivity contribution in [1.29, 1.82) is 0 Å². The second-order valence-electron chi connectivity index (χ2n) is 3.63. The fraction of sp³-hybridized carbons (Fsp3) is 0.875. The van der Waals surface area contributed by atoms with E-state index in [0.29, 0.717) is 5.78 Å². The topological polar surface area (TPSA) is 17.1 Å². The summed E-state index contributed by atoms with van der Waals surface area (Å²) >= 11 is 0. The van der Waals surface area contributed by atoms with E-state index in [4.69, 9.17) is 0 Å². The Hall–Kier alpha value is -0.330. The second-order valence-corrected chi connectivity index (χ2v) is 3.63. The summed E-state index contributed by atoms with van der Waals surface area (Å²) in [7, 11) is 0. The largest absolute Gasteiger partial charge is 0.299 e. The highest BCUT2D eigenvalue weighted by Crippen LogP contribution is 2.54. The number of fused-ring (bicyclic) bond motifs is 1. The average molecular weight is 124 g/mol. The summed E-state index contributed by atoms with van der Waals surface area (Å²) in [5.74, 6) is 1.29. The molecule has 2 rings (SSSR count). The van der Waals surface area contributed by atoms with Gasteiger partial charge in [0, 0.05) is 11.8 Å². The van der Waals surface area contributed by atoms with Crippen LogP contribution in [0.2, 0.25) is 0 Å². The smallest absolute Gasteiger partial charge is 0.139 e. The van der Waals surface area contributed by atoms with Crippen LogP contribution in [0.4, 0.5) is 0 Å². The van der Waals surface area contributed by atoms with E-state index in [1.54, 1.807) is 0 Å². The molecule has 0 saturated heterocycles. The van der Waals surface area contributed by atoms with Gasteiger partial charge in [0.1, 0.15) is 5.78 Å². The first-order valence-corrected chi connectivity index (χ1v) is 3.77. The van der Waals surface area contributed by atoms with Crippen LogP contribution < -0.4 is 0 Å². The Morgan fingerprint density at radius 1 is 1.67 bits per heavy atom. The van der Waals surface area contributed by atoms with E-state index in [1.165, 1.54) is 12.8 Å². The lowest BCUT2D eigenvalue weighted by Gasteiger charge is -2.39. The molecule has 0 aromatic carbocycles. The van der Waals surface area contributed by atoms with Crippen LogP contribution in [-0.4, -0.2) is 5.78 Å². The average Bonchev–Trinajstić information content (AvgIpc) is 2.11. The minimum Gasteiger partial charge on any atom is -0.299 e. The molecule has 1 heteroatoms. The SMILES string of the molecule is CC12CCCC1CC2=O. The van der Waals surface area contributed by atoms with Crippen molar-refractivity contribution in [3.05, 3.63) is 0 Å². The maximum atomic E-state index is 11.0. The fourth-order valence-corrected chi connectivity index (χ4v) is 2.26. The molecule has 2 fully saturated rings. The van der Waals surface area contributed by atoms with Crippen molar-refractivity contribution >= 4 is 5.78 Å². The van der Waals surface area contributed by atoms with Crippen molar-refractivity contribution in [2.24, 2.45) is 11.3 Å². The van der Waals surface area contributed by atoms with Gasteiger partial charge in [-0.15, -0.1) is 0 Å². The number of rotatable bonds is 0. The zero-order valence-electron chi connectivity index (χ0n) is 5.81. The van der Waals surface area contributed by atoms with Gasteiger partial charge in [-0.2, -0.15) is 0 Å². The highest BCUT2D eigenvalue weighted by Gasteiger charge is 2.53. The maximum Gasteiger partial charge on any atom is 0.139 e. The number of carbonyl (C=O) groups is 1. The quantitative estimate of drug-likeness (QED) is 0.481. The van der Waals surface area contributed by atoms with Crippen molar-refractivity contribution in [2.45, 2.75) is 32.6 Å². The van der Waals surface area contributed by atoms with Crippen molar-refractivity contribution in [3.8, 4) is 0 Å². The molecule has 50 valence electrons. The first-order valence-electron chi connectivity index (χ1n) is 3.77. The molecule has 0 heterocycles. The van der Waals surface area contributed by atoms with E-state index in [0.717, 1.165) is 18.8 Å². The van der Waals surface area contributed by atoms with E-state index in [2.05, 4.69) is 6.92 Å². The summed E-state index contributed by atoms with van der Waals surface area (Å²) in [6.45, 7) is 2.14. The van der Waals surface area contributed by atoms with Gasteiger partial charge in [0.2, 0.25) is 0 Å². The zero-order valence-corrected chi connectivity index (χ0v) is 5.81. The summed E-state index contributed by atoms with van der Waals surface area (Å²) in [6, 6.07) is 0. The molecule has 9 heavy (non-hydrogen) atoms. The normalized spacial score (nSPS) is 48.6. The van der Waals surface area contributed by atoms with Gasteiger partial charge in [0.05, 0.1) is 0 Å². The third-order valence-corrected chi connectivity index (χ3v) is 3.22. The Labute approximate surface area is 55.4 Å². The van der Waals surface area contributed by atoms with Crippen LogP contribution in [0.3, 0.4) is 0 Å². The third kappa shape index (κ3) is 0.480. The van der Waals surface area contributed by atoms with Gasteiger partial charge in [0.25, 0.3) is 0 Å². The summed E-state index contributed by atoms with van der Waals surface area (Å²) in [4.78, 5) is 11.0. The van der Waals surface area contributed by atoms with E-state index in [9.17, 15) is 4.79 Å². The van der Waals surface area contributed by atoms with E-state index < -0.39 is 0 Å². The Kier molecular flexibility index (Phi) is 0.842. The maximum absolute atomic E-state index is 11.0. The Morgan fingerprint density at radius 2 is 2.44 bits per heavy atom. The summed E-state index contributed by atoms with van der Waals surface area (Å²) in [5.41, 5.74) is 0.153. The van der Waals surface area contributed by atoms with E-state index in [-0.39, 0.29) is 5.41 Å². The summed E-state index contributed by atoms with van der Waals surface area (Å²) < 4.78 is 0. The third-order valence-electron chi connectivity index (χ3n) is 3.22. The number of Topliss-reactive ketones (excluding diaryl/α,β-unsaturated/α-hetero) is 1. The van der Waals surface area contributed by atoms with Crippen LogP contribution in [0.5, 0.6) is 0 Å². The summed E-state index contributed by atoms with van der Waals surface area (Å²) in [6.07, 6.45) is 4.64. The first kappa shape index (κ1) is 5.45. The number of hydrogen-bond acceptors (Lipinski definition) is 1. The molecule has 2 atom stereocenters. The molecule has 0 aromatic heterocycles. The van der Waals surface area contributed by atoms with Crippen molar-refractivity contribution in [1.82, 2.24) is 0 Å². The molecule has 0 bridgehead atoms. The Morgan fingerprint density at radius 3 is 2.89 bits per heavy atom. The fourth-order valence-electron chi connectivity index (χ4n) is 2.26. The Bertz CT molecular complexity index is 162. The van der Waals surface area contributed by atoms with Gasteiger partial charge in [0.15, 0.2) is 0 Å². The molecule has 0 N–H and O–H groups in total. The predicted octanol–water partition coefficient (Wildman–Crippen LogP) is 1.77. The first-order chi connectivity index (χ1) is 4.23. The van der Waals surface area contributed by atoms with Crippen LogP contribution in [0, 0.1) is 11.3 Å². The van der Waals surface area contributed by atoms with Crippen LogP contribution >= 0.6 is 0 Å². The minimum atomic E-state index is 0.153. The molecule has 2 aliphatic rings. The molecule has 0 aliphatic heterocycles. The molecule has 2 unspecified atom stereocenters. The van der Waals surface area contributed by atoms with Crippen LogP contribution in [-0.2, 0) is 4.79 Å². The predicted molar refractivity (Wildman–Crippen MR) is 35.1 cm³/mol. The highest BCUT2D eigenvalue weighted by atomic mass is 16.1. The Balaban J connectivity index is 2.25. The van der Waals surface area contributed by atoms with Gasteiger partial charge in [-0.1, -0.05) is 13.3 Å². The van der Waals surface area contributed by atoms with Gasteiger partial charge < -0.3 is 0 Å². The molecule has 0 spiro atoms.